The number of rotatable bonds is 8. The summed E-state index contributed by atoms with van der Waals surface area (Å²) in [5.74, 6) is 0.743. The summed E-state index contributed by atoms with van der Waals surface area (Å²) < 4.78 is 36.1. The van der Waals surface area contributed by atoms with Crippen LogP contribution in [-0.4, -0.2) is 58.2 Å². The smallest absolute Gasteiger partial charge is 0.251 e. The fourth-order valence-corrected chi connectivity index (χ4v) is 4.52. The molecule has 2 rings (SSSR count). The zero-order valence-corrected chi connectivity index (χ0v) is 16.5. The zero-order chi connectivity index (χ0) is 19.2. The highest BCUT2D eigenvalue weighted by molar-refractivity contribution is 7.88. The number of carbonyl (C=O) groups is 1. The topological polar surface area (TPSA) is 84.9 Å². The van der Waals surface area contributed by atoms with Gasteiger partial charge in [-0.1, -0.05) is 19.3 Å². The maximum atomic E-state index is 12.3. The number of amides is 1. The number of nitrogens with zero attached hydrogens (tertiary/aromatic N) is 1. The molecule has 0 aromatic heterocycles. The van der Waals surface area contributed by atoms with E-state index >= 15 is 0 Å². The molecule has 0 radical (unpaired) electrons. The lowest BCUT2D eigenvalue weighted by atomic mass is 9.95. The Labute approximate surface area is 155 Å². The van der Waals surface area contributed by atoms with Gasteiger partial charge >= 0.3 is 0 Å². The molecule has 0 saturated heterocycles. The SMILES string of the molecule is COc1ccc(C(=O)NCCN(C2CCCCC2)S(C)(=O)=O)cc1OC. The molecule has 1 amide bonds. The van der Waals surface area contributed by atoms with E-state index in [4.69, 9.17) is 9.47 Å². The lowest BCUT2D eigenvalue weighted by Gasteiger charge is -2.32. The van der Waals surface area contributed by atoms with Gasteiger partial charge in [-0.15, -0.1) is 0 Å². The molecule has 1 N–H and O–H groups in total. The van der Waals surface area contributed by atoms with Crippen LogP contribution in [0.1, 0.15) is 42.5 Å². The van der Waals surface area contributed by atoms with Crippen molar-refractivity contribution < 1.29 is 22.7 Å². The van der Waals surface area contributed by atoms with Crippen molar-refractivity contribution >= 4 is 15.9 Å². The fourth-order valence-electron chi connectivity index (χ4n) is 3.35. The van der Waals surface area contributed by atoms with Crippen LogP contribution in [0.5, 0.6) is 11.5 Å². The van der Waals surface area contributed by atoms with Crippen molar-refractivity contribution in [2.45, 2.75) is 38.1 Å². The lowest BCUT2D eigenvalue weighted by molar-refractivity contribution is 0.0949. The number of hydrogen-bond acceptors (Lipinski definition) is 5. The maximum absolute atomic E-state index is 12.3. The van der Waals surface area contributed by atoms with Crippen molar-refractivity contribution in [1.82, 2.24) is 9.62 Å². The van der Waals surface area contributed by atoms with Gasteiger partial charge in [0.25, 0.3) is 5.91 Å². The lowest BCUT2D eigenvalue weighted by Crippen LogP contribution is -2.45. The fraction of sp³-hybridized carbons (Fsp3) is 0.611. The molecule has 0 unspecified atom stereocenters. The summed E-state index contributed by atoms with van der Waals surface area (Å²) in [5, 5.41) is 2.79. The van der Waals surface area contributed by atoms with Crippen LogP contribution >= 0.6 is 0 Å². The van der Waals surface area contributed by atoms with Gasteiger partial charge in [-0.05, 0) is 31.0 Å². The van der Waals surface area contributed by atoms with E-state index in [1.165, 1.54) is 24.8 Å². The number of hydrogen-bond donors (Lipinski definition) is 1. The normalized spacial score (nSPS) is 15.7. The maximum Gasteiger partial charge on any atom is 0.251 e. The Morgan fingerprint density at radius 3 is 2.38 bits per heavy atom. The van der Waals surface area contributed by atoms with E-state index in [2.05, 4.69) is 5.32 Å². The molecule has 0 aliphatic heterocycles. The molecule has 146 valence electrons. The Hall–Kier alpha value is -1.80. The minimum absolute atomic E-state index is 0.0386. The third-order valence-electron chi connectivity index (χ3n) is 4.67. The van der Waals surface area contributed by atoms with Gasteiger partial charge in [-0.2, -0.15) is 4.31 Å². The van der Waals surface area contributed by atoms with Crippen LogP contribution in [0, 0.1) is 0 Å². The first-order valence-corrected chi connectivity index (χ1v) is 10.7. The predicted molar refractivity (Wildman–Crippen MR) is 100 cm³/mol. The van der Waals surface area contributed by atoms with Gasteiger partial charge in [0.2, 0.25) is 10.0 Å². The van der Waals surface area contributed by atoms with Gasteiger partial charge in [0.1, 0.15) is 0 Å². The standard InChI is InChI=1S/C18H28N2O5S/c1-24-16-10-9-14(13-17(16)25-2)18(21)19-11-12-20(26(3,22)23)15-7-5-4-6-8-15/h9-10,13,15H,4-8,11-12H2,1-3H3,(H,19,21). The van der Waals surface area contributed by atoms with E-state index in [0.717, 1.165) is 32.1 Å². The average Bonchev–Trinajstić information content (AvgIpc) is 2.64. The molecule has 8 heteroatoms. The van der Waals surface area contributed by atoms with Crippen molar-refractivity contribution in [1.29, 1.82) is 0 Å². The minimum Gasteiger partial charge on any atom is -0.493 e. The third kappa shape index (κ3) is 5.35. The Bertz CT molecular complexity index is 714. The molecule has 7 nitrogen and oxygen atoms in total. The molecule has 1 fully saturated rings. The Morgan fingerprint density at radius 2 is 1.81 bits per heavy atom. The molecule has 1 aliphatic rings. The second-order valence-electron chi connectivity index (χ2n) is 6.49. The molecule has 1 saturated carbocycles. The van der Waals surface area contributed by atoms with Gasteiger partial charge in [-0.3, -0.25) is 4.79 Å². The minimum atomic E-state index is -3.30. The van der Waals surface area contributed by atoms with Crippen LogP contribution in [0.15, 0.2) is 18.2 Å². The van der Waals surface area contributed by atoms with Gasteiger partial charge in [-0.25, -0.2) is 8.42 Å². The molecule has 1 aliphatic carbocycles. The second-order valence-corrected chi connectivity index (χ2v) is 8.43. The highest BCUT2D eigenvalue weighted by Crippen LogP contribution is 2.27. The average molecular weight is 384 g/mol. The molecular weight excluding hydrogens is 356 g/mol. The van der Waals surface area contributed by atoms with Crippen molar-refractivity contribution in [2.24, 2.45) is 0 Å². The molecule has 1 aromatic rings. The first kappa shape index (κ1) is 20.5. The molecule has 0 atom stereocenters. The summed E-state index contributed by atoms with van der Waals surface area (Å²) in [6, 6.07) is 4.95. The summed E-state index contributed by atoms with van der Waals surface area (Å²) in [6.07, 6.45) is 6.26. The van der Waals surface area contributed by atoms with Crippen LogP contribution in [-0.2, 0) is 10.0 Å². The van der Waals surface area contributed by atoms with E-state index < -0.39 is 10.0 Å². The van der Waals surface area contributed by atoms with Crippen LogP contribution < -0.4 is 14.8 Å². The van der Waals surface area contributed by atoms with Crippen LogP contribution in [0.25, 0.3) is 0 Å². The summed E-state index contributed by atoms with van der Waals surface area (Å²) in [5.41, 5.74) is 0.436. The number of methoxy groups -OCH3 is 2. The van der Waals surface area contributed by atoms with Crippen molar-refractivity contribution in [2.75, 3.05) is 33.6 Å². The first-order valence-electron chi connectivity index (χ1n) is 8.84. The number of carbonyl (C=O) groups excluding carboxylic acids is 1. The van der Waals surface area contributed by atoms with E-state index in [1.807, 2.05) is 0 Å². The first-order chi connectivity index (χ1) is 12.4. The molecule has 1 aromatic carbocycles. The second kappa shape index (κ2) is 9.23. The Balaban J connectivity index is 1.97. The summed E-state index contributed by atoms with van der Waals surface area (Å²) >= 11 is 0. The van der Waals surface area contributed by atoms with E-state index in [0.29, 0.717) is 17.1 Å². The van der Waals surface area contributed by atoms with Crippen LogP contribution in [0.4, 0.5) is 0 Å². The van der Waals surface area contributed by atoms with Gasteiger partial charge in [0.15, 0.2) is 11.5 Å². The molecule has 0 heterocycles. The van der Waals surface area contributed by atoms with Gasteiger partial charge < -0.3 is 14.8 Å². The molecule has 0 spiro atoms. The van der Waals surface area contributed by atoms with E-state index in [-0.39, 0.29) is 25.0 Å². The largest absolute Gasteiger partial charge is 0.493 e. The van der Waals surface area contributed by atoms with Crippen molar-refractivity contribution in [3.63, 3.8) is 0 Å². The van der Waals surface area contributed by atoms with Crippen LogP contribution in [0.3, 0.4) is 0 Å². The molecule has 26 heavy (non-hydrogen) atoms. The highest BCUT2D eigenvalue weighted by atomic mass is 32.2. The molecular formula is C18H28N2O5S. The predicted octanol–water partition coefficient (Wildman–Crippen LogP) is 2.03. The highest BCUT2D eigenvalue weighted by Gasteiger charge is 2.27. The third-order valence-corrected chi connectivity index (χ3v) is 6.00. The molecule has 0 bridgehead atoms. The Morgan fingerprint density at radius 1 is 1.15 bits per heavy atom. The summed E-state index contributed by atoms with van der Waals surface area (Å²) in [4.78, 5) is 12.3. The number of benzene rings is 1. The monoisotopic (exact) mass is 384 g/mol. The number of sulfonamides is 1. The van der Waals surface area contributed by atoms with Gasteiger partial charge in [0, 0.05) is 24.7 Å². The van der Waals surface area contributed by atoms with E-state index in [1.54, 1.807) is 18.2 Å². The zero-order valence-electron chi connectivity index (χ0n) is 15.7. The summed E-state index contributed by atoms with van der Waals surface area (Å²) in [7, 11) is -0.263. The quantitative estimate of drug-likeness (QED) is 0.741. The Kier molecular flexibility index (Phi) is 7.28. The number of ether oxygens (including phenoxy) is 2. The van der Waals surface area contributed by atoms with E-state index in [9.17, 15) is 13.2 Å². The number of nitrogens with one attached hydrogen (secondary N) is 1. The summed E-state index contributed by atoms with van der Waals surface area (Å²) in [6.45, 7) is 0.541. The van der Waals surface area contributed by atoms with Gasteiger partial charge in [0.05, 0.1) is 20.5 Å². The van der Waals surface area contributed by atoms with Crippen molar-refractivity contribution in [3.8, 4) is 11.5 Å². The van der Waals surface area contributed by atoms with Crippen molar-refractivity contribution in [3.05, 3.63) is 23.8 Å². The van der Waals surface area contributed by atoms with Crippen LogP contribution in [0.2, 0.25) is 0 Å².